The summed E-state index contributed by atoms with van der Waals surface area (Å²) in [5.41, 5.74) is 3.99. The number of hydrogen-bond donors (Lipinski definition) is 2. The summed E-state index contributed by atoms with van der Waals surface area (Å²) in [5.74, 6) is -3.51. The molecule has 2 nitrogen and oxygen atoms in total. The Morgan fingerprint density at radius 1 is 1.13 bits per heavy atom. The van der Waals surface area contributed by atoms with Gasteiger partial charge in [-0.2, -0.15) is 0 Å². The number of rotatable bonds is 2. The van der Waals surface area contributed by atoms with E-state index in [-0.39, 0.29) is 12.4 Å². The predicted octanol–water partition coefficient (Wildman–Crippen LogP) is 2.36. The third-order valence-corrected chi connectivity index (χ3v) is 1.72. The highest BCUT2D eigenvalue weighted by molar-refractivity contribution is 5.85. The molecule has 1 aromatic rings. The molecule has 0 aliphatic rings. The van der Waals surface area contributed by atoms with E-state index in [0.29, 0.717) is 12.1 Å². The van der Waals surface area contributed by atoms with E-state index in [1.165, 1.54) is 0 Å². The van der Waals surface area contributed by atoms with Gasteiger partial charge in [-0.1, -0.05) is 0 Å². The molecular weight excluding hydrogens is 238 g/mol. The Balaban J connectivity index is 0.00000196. The lowest BCUT2D eigenvalue weighted by atomic mass is 10.1. The number of hydrogen-bond acceptors (Lipinski definition) is 2. The van der Waals surface area contributed by atoms with Crippen LogP contribution in [0.25, 0.3) is 0 Å². The number of benzene rings is 1. The lowest BCUT2D eigenvalue weighted by Crippen LogP contribution is -2.20. The molecule has 86 valence electrons. The minimum atomic E-state index is -3.07. The third-order valence-electron chi connectivity index (χ3n) is 1.72. The van der Waals surface area contributed by atoms with Crippen LogP contribution >= 0.6 is 12.4 Å². The van der Waals surface area contributed by atoms with Gasteiger partial charge in [0, 0.05) is 0 Å². The van der Waals surface area contributed by atoms with Crippen molar-refractivity contribution in [2.45, 2.75) is 12.5 Å². The maximum atomic E-state index is 12.9. The summed E-state index contributed by atoms with van der Waals surface area (Å²) in [7, 11) is 0. The zero-order chi connectivity index (χ0) is 10.9. The minimum absolute atomic E-state index is 0. The van der Waals surface area contributed by atoms with Crippen molar-refractivity contribution in [1.29, 1.82) is 0 Å². The molecule has 0 spiro atoms. The molecule has 7 heteroatoms. The fourth-order valence-electron chi connectivity index (χ4n) is 1.000. The number of nitrogens with two attached hydrogens (primary N) is 1. The van der Waals surface area contributed by atoms with E-state index in [0.717, 1.165) is 0 Å². The molecule has 0 amide bonds. The van der Waals surface area contributed by atoms with Crippen molar-refractivity contribution in [2.75, 3.05) is 0 Å². The highest BCUT2D eigenvalue weighted by Crippen LogP contribution is 2.31. The van der Waals surface area contributed by atoms with Gasteiger partial charge in [0.2, 0.25) is 0 Å². The zero-order valence-corrected chi connectivity index (χ0v) is 8.07. The van der Waals surface area contributed by atoms with E-state index in [2.05, 4.69) is 0 Å². The number of alkyl halides is 2. The molecule has 1 atom stereocenters. The second-order valence-electron chi connectivity index (χ2n) is 2.65. The molecule has 0 saturated heterocycles. The Morgan fingerprint density at radius 3 is 2.07 bits per heavy atom. The van der Waals surface area contributed by atoms with E-state index >= 15 is 0 Å². The summed E-state index contributed by atoms with van der Waals surface area (Å²) < 4.78 is 49.7. The van der Waals surface area contributed by atoms with Crippen LogP contribution in [0.1, 0.15) is 11.6 Å². The molecule has 1 aromatic carbocycles. The second kappa shape index (κ2) is 5.18. The fourth-order valence-corrected chi connectivity index (χ4v) is 1.000. The number of aromatic hydroxyl groups is 1. The average molecular weight is 246 g/mol. The monoisotopic (exact) mass is 245 g/mol. The maximum absolute atomic E-state index is 12.9. The summed E-state index contributed by atoms with van der Waals surface area (Å²) >= 11 is 0. The van der Waals surface area contributed by atoms with Gasteiger partial charge >= 0.3 is 0 Å². The van der Waals surface area contributed by atoms with E-state index < -0.39 is 35.4 Å². The average Bonchev–Trinajstić information content (AvgIpc) is 2.12. The third kappa shape index (κ3) is 2.73. The fraction of sp³-hybridized carbons (Fsp3) is 0.250. The van der Waals surface area contributed by atoms with Crippen LogP contribution < -0.4 is 5.73 Å². The van der Waals surface area contributed by atoms with Crippen molar-refractivity contribution in [1.82, 2.24) is 0 Å². The van der Waals surface area contributed by atoms with Crippen molar-refractivity contribution in [3.63, 3.8) is 0 Å². The summed E-state index contributed by atoms with van der Waals surface area (Å²) in [5, 5.41) is 8.97. The number of phenolic OH excluding ortho intramolecular Hbond substituents is 1. The van der Waals surface area contributed by atoms with E-state index in [9.17, 15) is 17.6 Å². The van der Waals surface area contributed by atoms with Gasteiger partial charge in [-0.05, 0) is 12.1 Å². The van der Waals surface area contributed by atoms with Crippen molar-refractivity contribution in [3.05, 3.63) is 29.3 Å². The van der Waals surface area contributed by atoms with Crippen molar-refractivity contribution in [3.8, 4) is 5.75 Å². The SMILES string of the molecule is Cl.N[C@@H](c1c(F)ccc(F)c1O)C(F)F. The summed E-state index contributed by atoms with van der Waals surface area (Å²) in [6, 6.07) is -0.774. The standard InChI is InChI=1S/C8H7F4NO.ClH/c9-3-1-2-4(10)7(14)5(3)6(13)8(11)12;/h1-2,6,8,14H,13H2;1H/t6-;/m0./s1. The smallest absolute Gasteiger partial charge is 0.257 e. The van der Waals surface area contributed by atoms with Gasteiger partial charge in [-0.15, -0.1) is 12.4 Å². The van der Waals surface area contributed by atoms with Crippen LogP contribution in [0.3, 0.4) is 0 Å². The van der Waals surface area contributed by atoms with Crippen molar-refractivity contribution >= 4 is 12.4 Å². The van der Waals surface area contributed by atoms with Gasteiger partial charge in [-0.3, -0.25) is 0 Å². The van der Waals surface area contributed by atoms with E-state index in [1.807, 2.05) is 0 Å². The van der Waals surface area contributed by atoms with Crippen LogP contribution in [-0.4, -0.2) is 11.5 Å². The molecule has 0 saturated carbocycles. The van der Waals surface area contributed by atoms with Gasteiger partial charge in [0.15, 0.2) is 11.6 Å². The van der Waals surface area contributed by atoms with Crippen LogP contribution in [0.15, 0.2) is 12.1 Å². The molecule has 0 aliphatic heterocycles. The topological polar surface area (TPSA) is 46.2 Å². The van der Waals surface area contributed by atoms with Crippen LogP contribution in [0.4, 0.5) is 17.6 Å². The largest absolute Gasteiger partial charge is 0.505 e. The van der Waals surface area contributed by atoms with Crippen LogP contribution in [0, 0.1) is 11.6 Å². The van der Waals surface area contributed by atoms with Gasteiger partial charge in [0.25, 0.3) is 6.43 Å². The highest BCUT2D eigenvalue weighted by Gasteiger charge is 2.26. The van der Waals surface area contributed by atoms with Gasteiger partial charge in [0.05, 0.1) is 11.6 Å². The minimum Gasteiger partial charge on any atom is -0.505 e. The molecule has 1 rings (SSSR count). The highest BCUT2D eigenvalue weighted by atomic mass is 35.5. The summed E-state index contributed by atoms with van der Waals surface area (Å²) in [6.45, 7) is 0. The number of halogens is 5. The Bertz CT molecular complexity index is 348. The Hall–Kier alpha value is -1.01. The first-order valence-electron chi connectivity index (χ1n) is 3.65. The Labute approximate surface area is 89.1 Å². The Kier molecular flexibility index (Phi) is 4.83. The van der Waals surface area contributed by atoms with Crippen LogP contribution in [-0.2, 0) is 0 Å². The van der Waals surface area contributed by atoms with Crippen LogP contribution in [0.5, 0.6) is 5.75 Å². The molecule has 0 unspecified atom stereocenters. The van der Waals surface area contributed by atoms with Crippen molar-refractivity contribution < 1.29 is 22.7 Å². The molecule has 15 heavy (non-hydrogen) atoms. The summed E-state index contributed by atoms with van der Waals surface area (Å²) in [4.78, 5) is 0. The molecule has 0 bridgehead atoms. The molecule has 0 aromatic heterocycles. The molecule has 0 aliphatic carbocycles. The van der Waals surface area contributed by atoms with Gasteiger partial charge < -0.3 is 10.8 Å². The molecule has 0 radical (unpaired) electrons. The normalized spacial score (nSPS) is 12.4. The van der Waals surface area contributed by atoms with Crippen molar-refractivity contribution in [2.24, 2.45) is 5.73 Å². The van der Waals surface area contributed by atoms with Gasteiger partial charge in [0.1, 0.15) is 5.82 Å². The molecular formula is C8H8ClF4NO. The molecule has 0 fully saturated rings. The number of phenols is 1. The summed E-state index contributed by atoms with van der Waals surface area (Å²) in [6.07, 6.45) is -3.07. The van der Waals surface area contributed by atoms with Gasteiger partial charge in [-0.25, -0.2) is 17.6 Å². The lowest BCUT2D eigenvalue weighted by molar-refractivity contribution is 0.113. The zero-order valence-electron chi connectivity index (χ0n) is 7.25. The second-order valence-corrected chi connectivity index (χ2v) is 2.65. The Morgan fingerprint density at radius 2 is 1.60 bits per heavy atom. The van der Waals surface area contributed by atoms with E-state index in [4.69, 9.17) is 10.8 Å². The molecule has 3 N–H and O–H groups in total. The van der Waals surface area contributed by atoms with E-state index in [1.54, 1.807) is 0 Å². The van der Waals surface area contributed by atoms with Crippen LogP contribution in [0.2, 0.25) is 0 Å². The first kappa shape index (κ1) is 14.0. The predicted molar refractivity (Wildman–Crippen MR) is 48.2 cm³/mol. The molecule has 0 heterocycles. The first-order valence-corrected chi connectivity index (χ1v) is 3.65. The quantitative estimate of drug-likeness (QED) is 0.786. The lowest BCUT2D eigenvalue weighted by Gasteiger charge is -2.13. The maximum Gasteiger partial charge on any atom is 0.257 e. The first-order chi connectivity index (χ1) is 6.45.